The Morgan fingerprint density at radius 3 is 2.90 bits per heavy atom. The zero-order valence-corrected chi connectivity index (χ0v) is 12.0. The lowest BCUT2D eigenvalue weighted by Gasteiger charge is -2.17. The monoisotopic (exact) mass is 284 g/mol. The van der Waals surface area contributed by atoms with Gasteiger partial charge in [0.2, 0.25) is 0 Å². The van der Waals surface area contributed by atoms with Crippen LogP contribution in [0.3, 0.4) is 0 Å². The molecule has 0 aliphatic rings. The van der Waals surface area contributed by atoms with E-state index in [1.54, 1.807) is 37.5 Å². The molecule has 0 saturated carbocycles. The molecule has 2 aromatic rings. The molecule has 1 aromatic heterocycles. The molecule has 1 aromatic carbocycles. The molecule has 0 fully saturated rings. The van der Waals surface area contributed by atoms with E-state index in [4.69, 9.17) is 10.00 Å². The number of nitriles is 1. The summed E-state index contributed by atoms with van der Waals surface area (Å²) in [5.74, 6) is 1.03. The Morgan fingerprint density at radius 2 is 2.24 bits per heavy atom. The van der Waals surface area contributed by atoms with Crippen LogP contribution in [0.15, 0.2) is 36.7 Å². The van der Waals surface area contributed by atoms with Crippen LogP contribution in [0.25, 0.3) is 0 Å². The number of amides is 1. The maximum atomic E-state index is 12.0. The van der Waals surface area contributed by atoms with Crippen molar-refractivity contribution in [3.8, 4) is 11.8 Å². The molecule has 0 atom stereocenters. The molecular weight excluding hydrogens is 268 g/mol. The third-order valence-corrected chi connectivity index (χ3v) is 3.08. The maximum absolute atomic E-state index is 12.0. The van der Waals surface area contributed by atoms with Crippen molar-refractivity contribution in [2.24, 2.45) is 7.05 Å². The zero-order valence-electron chi connectivity index (χ0n) is 12.0. The number of nitrogens with zero attached hydrogens (tertiary/aromatic N) is 4. The number of hydrogen-bond acceptors (Lipinski definition) is 4. The molecule has 0 unspecified atom stereocenters. The van der Waals surface area contributed by atoms with Crippen LogP contribution >= 0.6 is 0 Å². The zero-order chi connectivity index (χ0) is 15.2. The first-order chi connectivity index (χ1) is 10.1. The summed E-state index contributed by atoms with van der Waals surface area (Å²) in [6.45, 7) is 0.297. The summed E-state index contributed by atoms with van der Waals surface area (Å²) in [7, 11) is 3.57. The van der Waals surface area contributed by atoms with Gasteiger partial charge in [-0.3, -0.25) is 4.79 Å². The van der Waals surface area contributed by atoms with Crippen molar-refractivity contribution in [2.45, 2.75) is 6.54 Å². The molecular formula is C15H16N4O2. The number of carbonyl (C=O) groups excluding carboxylic acids is 1. The standard InChI is InChI=1S/C15H16N4O2/c1-18-8-7-17-14(18)10-19(2)15(20)11-21-13-6-4-3-5-12(13)9-16/h3-8H,10-11H2,1-2H3. The minimum Gasteiger partial charge on any atom is -0.482 e. The van der Waals surface area contributed by atoms with Gasteiger partial charge in [0.15, 0.2) is 6.61 Å². The fraction of sp³-hybridized carbons (Fsp3) is 0.267. The van der Waals surface area contributed by atoms with Gasteiger partial charge in [-0.15, -0.1) is 0 Å². The number of benzene rings is 1. The van der Waals surface area contributed by atoms with Crippen molar-refractivity contribution in [1.29, 1.82) is 5.26 Å². The molecule has 0 N–H and O–H groups in total. The topological polar surface area (TPSA) is 71.2 Å². The van der Waals surface area contributed by atoms with Crippen LogP contribution in [0.1, 0.15) is 11.4 Å². The van der Waals surface area contributed by atoms with Crippen LogP contribution in [0, 0.1) is 11.3 Å². The van der Waals surface area contributed by atoms with E-state index in [2.05, 4.69) is 4.98 Å². The highest BCUT2D eigenvalue weighted by Crippen LogP contribution is 2.16. The van der Waals surface area contributed by atoms with E-state index in [0.29, 0.717) is 17.9 Å². The lowest BCUT2D eigenvalue weighted by molar-refractivity contribution is -0.132. The Balaban J connectivity index is 1.93. The van der Waals surface area contributed by atoms with Crippen molar-refractivity contribution in [3.05, 3.63) is 48.0 Å². The van der Waals surface area contributed by atoms with Gasteiger partial charge in [0, 0.05) is 26.5 Å². The number of likely N-dealkylation sites (N-methyl/N-ethyl adjacent to an activating group) is 1. The normalized spacial score (nSPS) is 9.95. The van der Waals surface area contributed by atoms with Gasteiger partial charge in [-0.05, 0) is 12.1 Å². The second kappa shape index (κ2) is 6.57. The van der Waals surface area contributed by atoms with Crippen LogP contribution < -0.4 is 4.74 Å². The van der Waals surface area contributed by atoms with Gasteiger partial charge >= 0.3 is 0 Å². The van der Waals surface area contributed by atoms with Crippen LogP contribution in [-0.2, 0) is 18.4 Å². The maximum Gasteiger partial charge on any atom is 0.260 e. The first-order valence-electron chi connectivity index (χ1n) is 6.44. The lowest BCUT2D eigenvalue weighted by Crippen LogP contribution is -2.31. The number of hydrogen-bond donors (Lipinski definition) is 0. The first-order valence-corrected chi connectivity index (χ1v) is 6.44. The third kappa shape index (κ3) is 3.60. The molecule has 1 heterocycles. The van der Waals surface area contributed by atoms with Crippen LogP contribution in [0.2, 0.25) is 0 Å². The summed E-state index contributed by atoms with van der Waals surface area (Å²) in [5.41, 5.74) is 0.414. The Labute approximate surface area is 123 Å². The average molecular weight is 284 g/mol. The predicted octanol–water partition coefficient (Wildman–Crippen LogP) is 1.33. The summed E-state index contributed by atoms with van der Waals surface area (Å²) in [6, 6.07) is 8.86. The van der Waals surface area contributed by atoms with E-state index in [1.165, 1.54) is 4.90 Å². The molecule has 6 heteroatoms. The van der Waals surface area contributed by atoms with E-state index in [0.717, 1.165) is 5.82 Å². The number of aryl methyl sites for hydroxylation is 1. The average Bonchev–Trinajstić information content (AvgIpc) is 2.90. The minimum absolute atomic E-state index is 0.111. The lowest BCUT2D eigenvalue weighted by atomic mass is 10.2. The summed E-state index contributed by atoms with van der Waals surface area (Å²) in [5, 5.41) is 8.96. The van der Waals surface area contributed by atoms with Gasteiger partial charge in [0.1, 0.15) is 17.6 Å². The van der Waals surface area contributed by atoms with Crippen molar-refractivity contribution in [3.63, 3.8) is 0 Å². The Bertz CT molecular complexity index is 672. The summed E-state index contributed by atoms with van der Waals surface area (Å²) < 4.78 is 7.28. The van der Waals surface area contributed by atoms with Crippen molar-refractivity contribution in [1.82, 2.24) is 14.5 Å². The second-order valence-electron chi connectivity index (χ2n) is 4.60. The minimum atomic E-state index is -0.175. The van der Waals surface area contributed by atoms with Crippen molar-refractivity contribution < 1.29 is 9.53 Å². The Morgan fingerprint density at radius 1 is 1.48 bits per heavy atom. The van der Waals surface area contributed by atoms with Gasteiger partial charge < -0.3 is 14.2 Å². The molecule has 6 nitrogen and oxygen atoms in total. The molecule has 0 bridgehead atoms. The summed E-state index contributed by atoms with van der Waals surface area (Å²) >= 11 is 0. The molecule has 21 heavy (non-hydrogen) atoms. The van der Waals surface area contributed by atoms with Crippen LogP contribution in [0.4, 0.5) is 0 Å². The molecule has 2 rings (SSSR count). The summed E-state index contributed by atoms with van der Waals surface area (Å²) in [6.07, 6.45) is 3.51. The molecule has 0 aliphatic carbocycles. The van der Waals surface area contributed by atoms with Gasteiger partial charge in [0.25, 0.3) is 5.91 Å². The van der Waals surface area contributed by atoms with E-state index < -0.39 is 0 Å². The van der Waals surface area contributed by atoms with E-state index in [1.807, 2.05) is 23.9 Å². The molecule has 0 spiro atoms. The highest BCUT2D eigenvalue weighted by atomic mass is 16.5. The van der Waals surface area contributed by atoms with E-state index in [-0.39, 0.29) is 12.5 Å². The predicted molar refractivity (Wildman–Crippen MR) is 76.3 cm³/mol. The fourth-order valence-electron chi connectivity index (χ4n) is 1.78. The molecule has 108 valence electrons. The quantitative estimate of drug-likeness (QED) is 0.830. The summed E-state index contributed by atoms with van der Waals surface area (Å²) in [4.78, 5) is 17.7. The fourth-order valence-corrected chi connectivity index (χ4v) is 1.78. The Kier molecular flexibility index (Phi) is 4.57. The number of carbonyl (C=O) groups is 1. The molecule has 0 saturated heterocycles. The van der Waals surface area contributed by atoms with Gasteiger partial charge in [-0.1, -0.05) is 12.1 Å². The van der Waals surface area contributed by atoms with Crippen molar-refractivity contribution in [2.75, 3.05) is 13.7 Å². The number of rotatable bonds is 5. The van der Waals surface area contributed by atoms with E-state index >= 15 is 0 Å². The third-order valence-electron chi connectivity index (χ3n) is 3.08. The second-order valence-corrected chi connectivity index (χ2v) is 4.60. The Hall–Kier alpha value is -2.81. The van der Waals surface area contributed by atoms with Crippen LogP contribution in [-0.4, -0.2) is 34.0 Å². The number of imidazole rings is 1. The molecule has 0 aliphatic heterocycles. The largest absolute Gasteiger partial charge is 0.482 e. The number of para-hydroxylation sites is 1. The van der Waals surface area contributed by atoms with Gasteiger partial charge in [0.05, 0.1) is 12.1 Å². The number of ether oxygens (including phenoxy) is 1. The van der Waals surface area contributed by atoms with Crippen molar-refractivity contribution >= 4 is 5.91 Å². The molecule has 0 radical (unpaired) electrons. The van der Waals surface area contributed by atoms with Gasteiger partial charge in [-0.25, -0.2) is 4.98 Å². The van der Waals surface area contributed by atoms with E-state index in [9.17, 15) is 4.79 Å². The highest BCUT2D eigenvalue weighted by Gasteiger charge is 2.13. The van der Waals surface area contributed by atoms with Crippen LogP contribution in [0.5, 0.6) is 5.75 Å². The first kappa shape index (κ1) is 14.6. The number of aromatic nitrogens is 2. The molecule has 1 amide bonds. The van der Waals surface area contributed by atoms with Gasteiger partial charge in [-0.2, -0.15) is 5.26 Å². The highest BCUT2D eigenvalue weighted by molar-refractivity contribution is 5.77. The SMILES string of the molecule is CN(Cc1nccn1C)C(=O)COc1ccccc1C#N. The smallest absolute Gasteiger partial charge is 0.260 e.